The molecule has 0 aliphatic carbocycles. The van der Waals surface area contributed by atoms with E-state index in [0.29, 0.717) is 11.3 Å². The first-order valence-electron chi connectivity index (χ1n) is 6.09. The fraction of sp³-hybridized carbons (Fsp3) is 0.286. The van der Waals surface area contributed by atoms with Crippen LogP contribution in [0.15, 0.2) is 35.1 Å². The molecule has 4 nitrogen and oxygen atoms in total. The number of rotatable bonds is 3. The van der Waals surface area contributed by atoms with Crippen LogP contribution in [0.1, 0.15) is 35.8 Å². The first kappa shape index (κ1) is 13.8. The summed E-state index contributed by atoms with van der Waals surface area (Å²) >= 11 is 3.42. The summed E-state index contributed by atoms with van der Waals surface area (Å²) in [5, 5.41) is 7.03. The van der Waals surface area contributed by atoms with Gasteiger partial charge in [-0.3, -0.25) is 9.48 Å². The highest BCUT2D eigenvalue weighted by Gasteiger charge is 2.09. The van der Waals surface area contributed by atoms with Crippen molar-refractivity contribution in [3.05, 3.63) is 46.2 Å². The molecule has 2 rings (SSSR count). The fourth-order valence-corrected chi connectivity index (χ4v) is 1.92. The fourth-order valence-electron chi connectivity index (χ4n) is 1.67. The Balaban J connectivity index is 2.13. The molecule has 0 atom stereocenters. The van der Waals surface area contributed by atoms with Gasteiger partial charge in [0.1, 0.15) is 0 Å². The summed E-state index contributed by atoms with van der Waals surface area (Å²) in [5.41, 5.74) is 2.38. The molecule has 0 saturated carbocycles. The number of carbonyl (C=O) groups is 1. The number of amides is 1. The summed E-state index contributed by atoms with van der Waals surface area (Å²) < 4.78 is 2.80. The van der Waals surface area contributed by atoms with Gasteiger partial charge in [0.15, 0.2) is 0 Å². The van der Waals surface area contributed by atoms with E-state index in [4.69, 9.17) is 0 Å². The third-order valence-corrected chi connectivity index (χ3v) is 3.70. The van der Waals surface area contributed by atoms with Crippen molar-refractivity contribution < 1.29 is 4.79 Å². The molecule has 5 heteroatoms. The number of halogens is 1. The summed E-state index contributed by atoms with van der Waals surface area (Å²) in [5.74, 6) is -0.126. The molecule has 0 spiro atoms. The van der Waals surface area contributed by atoms with E-state index >= 15 is 0 Å². The van der Waals surface area contributed by atoms with Gasteiger partial charge in [0, 0.05) is 22.3 Å². The number of aryl methyl sites for hydroxylation is 1. The summed E-state index contributed by atoms with van der Waals surface area (Å²) in [4.78, 5) is 12.1. The Bertz CT molecular complexity index is 604. The molecule has 0 radical (unpaired) electrons. The van der Waals surface area contributed by atoms with Crippen LogP contribution >= 0.6 is 15.9 Å². The number of anilines is 1. The van der Waals surface area contributed by atoms with Crippen LogP contribution in [0.5, 0.6) is 0 Å². The lowest BCUT2D eigenvalue weighted by Crippen LogP contribution is -2.11. The quantitative estimate of drug-likeness (QED) is 0.934. The molecular formula is C14H16BrN3O. The predicted molar refractivity (Wildman–Crippen MR) is 79.4 cm³/mol. The highest BCUT2D eigenvalue weighted by atomic mass is 79.9. The van der Waals surface area contributed by atoms with Crippen molar-refractivity contribution in [2.24, 2.45) is 0 Å². The zero-order valence-corrected chi connectivity index (χ0v) is 12.7. The first-order chi connectivity index (χ1) is 8.97. The van der Waals surface area contributed by atoms with Crippen LogP contribution in [0.3, 0.4) is 0 Å². The van der Waals surface area contributed by atoms with E-state index in [0.717, 1.165) is 10.0 Å². The van der Waals surface area contributed by atoms with E-state index in [1.54, 1.807) is 12.3 Å². The van der Waals surface area contributed by atoms with Gasteiger partial charge in [-0.25, -0.2) is 0 Å². The lowest BCUT2D eigenvalue weighted by atomic mass is 10.1. The number of hydrogen-bond acceptors (Lipinski definition) is 2. The Kier molecular flexibility index (Phi) is 4.04. The second kappa shape index (κ2) is 5.57. The number of nitrogens with one attached hydrogen (secondary N) is 1. The van der Waals surface area contributed by atoms with Crippen molar-refractivity contribution >= 4 is 27.5 Å². The number of nitrogens with zero attached hydrogens (tertiary/aromatic N) is 2. The van der Waals surface area contributed by atoms with Crippen molar-refractivity contribution in [2.45, 2.75) is 26.8 Å². The summed E-state index contributed by atoms with van der Waals surface area (Å²) in [6.07, 6.45) is 3.48. The van der Waals surface area contributed by atoms with Gasteiger partial charge in [0.2, 0.25) is 0 Å². The van der Waals surface area contributed by atoms with Crippen LogP contribution < -0.4 is 5.32 Å². The molecule has 1 aromatic carbocycles. The summed E-state index contributed by atoms with van der Waals surface area (Å²) in [6.45, 7) is 6.03. The van der Waals surface area contributed by atoms with Crippen molar-refractivity contribution in [2.75, 3.05) is 5.32 Å². The van der Waals surface area contributed by atoms with E-state index < -0.39 is 0 Å². The molecule has 0 fully saturated rings. The molecular weight excluding hydrogens is 306 g/mol. The molecule has 2 aromatic rings. The van der Waals surface area contributed by atoms with Gasteiger partial charge in [0.05, 0.1) is 11.9 Å². The number of carbonyl (C=O) groups excluding carboxylic acids is 1. The van der Waals surface area contributed by atoms with Crippen LogP contribution in [-0.4, -0.2) is 15.7 Å². The normalized spacial score (nSPS) is 10.8. The van der Waals surface area contributed by atoms with E-state index in [2.05, 4.69) is 26.3 Å². The van der Waals surface area contributed by atoms with Gasteiger partial charge in [-0.2, -0.15) is 5.10 Å². The SMILES string of the molecule is Cc1cc(C(=O)Nc2cnn(C(C)C)c2)ccc1Br. The molecule has 1 amide bonds. The number of aromatic nitrogens is 2. The van der Waals surface area contributed by atoms with Gasteiger partial charge in [-0.15, -0.1) is 0 Å². The smallest absolute Gasteiger partial charge is 0.255 e. The molecule has 0 bridgehead atoms. The van der Waals surface area contributed by atoms with Gasteiger partial charge in [-0.1, -0.05) is 15.9 Å². The minimum absolute atomic E-state index is 0.126. The van der Waals surface area contributed by atoms with Gasteiger partial charge < -0.3 is 5.32 Å². The van der Waals surface area contributed by atoms with Gasteiger partial charge >= 0.3 is 0 Å². The summed E-state index contributed by atoms with van der Waals surface area (Å²) in [6, 6.07) is 5.80. The third-order valence-electron chi connectivity index (χ3n) is 2.81. The maximum Gasteiger partial charge on any atom is 0.255 e. The molecule has 0 saturated heterocycles. The van der Waals surface area contributed by atoms with Crippen molar-refractivity contribution in [1.29, 1.82) is 0 Å². The predicted octanol–water partition coefficient (Wildman–Crippen LogP) is 3.79. The molecule has 1 heterocycles. The topological polar surface area (TPSA) is 46.9 Å². The highest BCUT2D eigenvalue weighted by Crippen LogP contribution is 2.18. The zero-order valence-electron chi connectivity index (χ0n) is 11.1. The molecule has 0 aliphatic heterocycles. The minimum atomic E-state index is -0.126. The molecule has 1 N–H and O–H groups in total. The van der Waals surface area contributed by atoms with Crippen molar-refractivity contribution in [3.63, 3.8) is 0 Å². The van der Waals surface area contributed by atoms with Gasteiger partial charge in [-0.05, 0) is 44.5 Å². The van der Waals surface area contributed by atoms with Crippen LogP contribution in [0.4, 0.5) is 5.69 Å². The van der Waals surface area contributed by atoms with E-state index in [9.17, 15) is 4.79 Å². The van der Waals surface area contributed by atoms with E-state index in [1.807, 2.05) is 43.8 Å². The average Bonchev–Trinajstić information content (AvgIpc) is 2.81. The second-order valence-corrected chi connectivity index (χ2v) is 5.58. The molecule has 0 unspecified atom stereocenters. The zero-order chi connectivity index (χ0) is 14.0. The maximum absolute atomic E-state index is 12.1. The van der Waals surface area contributed by atoms with E-state index in [1.165, 1.54) is 0 Å². The van der Waals surface area contributed by atoms with Crippen LogP contribution in [0.25, 0.3) is 0 Å². The Morgan fingerprint density at radius 1 is 1.42 bits per heavy atom. The average molecular weight is 322 g/mol. The van der Waals surface area contributed by atoms with Crippen LogP contribution in [0.2, 0.25) is 0 Å². The second-order valence-electron chi connectivity index (χ2n) is 4.72. The van der Waals surface area contributed by atoms with Crippen molar-refractivity contribution in [1.82, 2.24) is 9.78 Å². The maximum atomic E-state index is 12.1. The Morgan fingerprint density at radius 3 is 2.74 bits per heavy atom. The standard InChI is InChI=1S/C14H16BrN3O/c1-9(2)18-8-12(7-16-18)17-14(19)11-4-5-13(15)10(3)6-11/h4-9H,1-3H3,(H,17,19). The lowest BCUT2D eigenvalue weighted by molar-refractivity contribution is 0.102. The Hall–Kier alpha value is -1.62. The lowest BCUT2D eigenvalue weighted by Gasteiger charge is -2.05. The highest BCUT2D eigenvalue weighted by molar-refractivity contribution is 9.10. The molecule has 19 heavy (non-hydrogen) atoms. The first-order valence-corrected chi connectivity index (χ1v) is 6.88. The molecule has 1 aromatic heterocycles. The minimum Gasteiger partial charge on any atom is -0.319 e. The number of benzene rings is 1. The van der Waals surface area contributed by atoms with Gasteiger partial charge in [0.25, 0.3) is 5.91 Å². The number of hydrogen-bond donors (Lipinski definition) is 1. The van der Waals surface area contributed by atoms with Crippen LogP contribution in [-0.2, 0) is 0 Å². The molecule has 100 valence electrons. The largest absolute Gasteiger partial charge is 0.319 e. The Labute approximate surface area is 120 Å². The monoisotopic (exact) mass is 321 g/mol. The van der Waals surface area contributed by atoms with Crippen molar-refractivity contribution in [3.8, 4) is 0 Å². The molecule has 0 aliphatic rings. The third kappa shape index (κ3) is 3.23. The Morgan fingerprint density at radius 2 is 2.16 bits per heavy atom. The van der Waals surface area contributed by atoms with Crippen LogP contribution in [0, 0.1) is 6.92 Å². The van der Waals surface area contributed by atoms with E-state index in [-0.39, 0.29) is 11.9 Å². The summed E-state index contributed by atoms with van der Waals surface area (Å²) in [7, 11) is 0.